The van der Waals surface area contributed by atoms with Crippen molar-refractivity contribution < 1.29 is 9.53 Å². The second-order valence-electron chi connectivity index (χ2n) is 8.70. The number of benzene rings is 1. The monoisotopic (exact) mass is 429 g/mol. The Morgan fingerprint density at radius 1 is 1.23 bits per heavy atom. The van der Waals surface area contributed by atoms with Crippen molar-refractivity contribution in [3.05, 3.63) is 35.9 Å². The number of carbonyl (C=O) groups excluding carboxylic acids is 1. The first-order chi connectivity index (χ1) is 15.1. The topological polar surface area (TPSA) is 78.0 Å². The van der Waals surface area contributed by atoms with Gasteiger partial charge in [-0.15, -0.1) is 0 Å². The summed E-state index contributed by atoms with van der Waals surface area (Å²) in [6.07, 6.45) is 4.13. The third-order valence-electron chi connectivity index (χ3n) is 6.14. The molecule has 1 saturated heterocycles. The van der Waals surface area contributed by atoms with E-state index in [-0.39, 0.29) is 12.1 Å². The number of nitrogens with zero attached hydrogens (tertiary/aromatic N) is 2. The van der Waals surface area contributed by atoms with Crippen LogP contribution >= 0.6 is 0 Å². The van der Waals surface area contributed by atoms with Gasteiger partial charge in [-0.25, -0.2) is 4.79 Å². The van der Waals surface area contributed by atoms with Crippen LogP contribution in [-0.2, 0) is 11.3 Å². The summed E-state index contributed by atoms with van der Waals surface area (Å²) in [6.45, 7) is 10.1. The van der Waals surface area contributed by atoms with Gasteiger partial charge in [0.25, 0.3) is 0 Å². The lowest BCUT2D eigenvalue weighted by Crippen LogP contribution is -2.51. The van der Waals surface area contributed by atoms with Crippen molar-refractivity contribution >= 4 is 12.1 Å². The number of alkyl carbamates (subject to hydrolysis) is 1. The highest BCUT2D eigenvalue weighted by Gasteiger charge is 2.33. The molecule has 0 bridgehead atoms. The van der Waals surface area contributed by atoms with E-state index in [1.807, 2.05) is 6.92 Å². The summed E-state index contributed by atoms with van der Waals surface area (Å²) < 4.78 is 5.06. The van der Waals surface area contributed by atoms with Gasteiger partial charge in [0.2, 0.25) is 0 Å². The molecular formula is C24H39N5O2. The van der Waals surface area contributed by atoms with Crippen LogP contribution in [0, 0.1) is 5.92 Å². The van der Waals surface area contributed by atoms with Crippen LogP contribution in [0.25, 0.3) is 0 Å². The number of piperidine rings is 1. The number of guanidine groups is 1. The van der Waals surface area contributed by atoms with Gasteiger partial charge in [-0.2, -0.15) is 0 Å². The normalized spacial score (nSPS) is 23.1. The number of hydrogen-bond donors (Lipinski definition) is 3. The van der Waals surface area contributed by atoms with Crippen molar-refractivity contribution in [2.45, 2.75) is 71.1 Å². The SMILES string of the molecule is CCNC(=NCC(NC(=O)OCC)C1CC1)NC1CCN(Cc2ccccc2)C(C)C1. The Balaban J connectivity index is 1.51. The Hall–Kier alpha value is -2.28. The van der Waals surface area contributed by atoms with Gasteiger partial charge in [0.15, 0.2) is 5.96 Å². The second kappa shape index (κ2) is 11.9. The Labute approximate surface area is 187 Å². The molecule has 1 saturated carbocycles. The van der Waals surface area contributed by atoms with Crippen LogP contribution in [-0.4, -0.2) is 61.3 Å². The molecule has 1 aliphatic carbocycles. The molecule has 0 spiro atoms. The highest BCUT2D eigenvalue weighted by atomic mass is 16.5. The van der Waals surface area contributed by atoms with Crippen molar-refractivity contribution in [2.75, 3.05) is 26.2 Å². The van der Waals surface area contributed by atoms with E-state index in [1.165, 1.54) is 5.56 Å². The third kappa shape index (κ3) is 7.73. The minimum atomic E-state index is -0.341. The molecule has 0 aromatic heterocycles. The lowest BCUT2D eigenvalue weighted by molar-refractivity contribution is 0.134. The summed E-state index contributed by atoms with van der Waals surface area (Å²) in [5.74, 6) is 1.35. The van der Waals surface area contributed by atoms with E-state index >= 15 is 0 Å². The van der Waals surface area contributed by atoms with Gasteiger partial charge in [0.1, 0.15) is 0 Å². The van der Waals surface area contributed by atoms with Crippen LogP contribution in [0.3, 0.4) is 0 Å². The van der Waals surface area contributed by atoms with Crippen molar-refractivity contribution in [2.24, 2.45) is 10.9 Å². The van der Waals surface area contributed by atoms with Crippen LogP contribution in [0.2, 0.25) is 0 Å². The fourth-order valence-electron chi connectivity index (χ4n) is 4.24. The van der Waals surface area contributed by atoms with Gasteiger partial charge >= 0.3 is 6.09 Å². The first kappa shape index (κ1) is 23.4. The predicted octanol–water partition coefficient (Wildman–Crippen LogP) is 3.12. The number of likely N-dealkylation sites (tertiary alicyclic amines) is 1. The molecule has 2 aliphatic rings. The van der Waals surface area contributed by atoms with Crippen molar-refractivity contribution in [3.63, 3.8) is 0 Å². The zero-order valence-corrected chi connectivity index (χ0v) is 19.3. The number of rotatable bonds is 9. The third-order valence-corrected chi connectivity index (χ3v) is 6.14. The molecule has 172 valence electrons. The van der Waals surface area contributed by atoms with Gasteiger partial charge in [-0.3, -0.25) is 9.89 Å². The molecule has 31 heavy (non-hydrogen) atoms. The summed E-state index contributed by atoms with van der Waals surface area (Å²) in [6, 6.07) is 11.7. The molecule has 1 aliphatic heterocycles. The molecule has 3 atom stereocenters. The molecule has 7 nitrogen and oxygen atoms in total. The van der Waals surface area contributed by atoms with Gasteiger partial charge < -0.3 is 20.7 Å². The Bertz CT molecular complexity index is 707. The van der Waals surface area contributed by atoms with Gasteiger partial charge in [0.05, 0.1) is 19.2 Å². The Morgan fingerprint density at radius 3 is 2.65 bits per heavy atom. The number of amides is 1. The molecule has 0 radical (unpaired) electrons. The highest BCUT2D eigenvalue weighted by molar-refractivity contribution is 5.80. The largest absolute Gasteiger partial charge is 0.450 e. The summed E-state index contributed by atoms with van der Waals surface area (Å²) in [7, 11) is 0. The maximum absolute atomic E-state index is 11.9. The predicted molar refractivity (Wildman–Crippen MR) is 125 cm³/mol. The van der Waals surface area contributed by atoms with E-state index in [4.69, 9.17) is 9.73 Å². The van der Waals surface area contributed by atoms with E-state index in [0.29, 0.717) is 31.2 Å². The van der Waals surface area contributed by atoms with Crippen LogP contribution < -0.4 is 16.0 Å². The molecule has 7 heteroatoms. The number of carbonyl (C=O) groups is 1. The maximum Gasteiger partial charge on any atom is 0.407 e. The minimum absolute atomic E-state index is 0.0427. The first-order valence-electron chi connectivity index (χ1n) is 11.8. The molecule has 1 aromatic rings. The summed E-state index contributed by atoms with van der Waals surface area (Å²) in [4.78, 5) is 19.2. The quantitative estimate of drug-likeness (QED) is 0.415. The number of hydrogen-bond acceptors (Lipinski definition) is 4. The van der Waals surface area contributed by atoms with E-state index in [9.17, 15) is 4.79 Å². The fraction of sp³-hybridized carbons (Fsp3) is 0.667. The molecule has 3 N–H and O–H groups in total. The molecule has 3 rings (SSSR count). The van der Waals surface area contributed by atoms with Crippen molar-refractivity contribution in [3.8, 4) is 0 Å². The van der Waals surface area contributed by atoms with Gasteiger partial charge in [-0.05, 0) is 57.9 Å². The van der Waals surface area contributed by atoms with Crippen molar-refractivity contribution in [1.29, 1.82) is 0 Å². The van der Waals surface area contributed by atoms with Crippen LogP contribution in [0.1, 0.15) is 52.0 Å². The molecule has 2 fully saturated rings. The number of aliphatic imine (C=N–C) groups is 1. The van der Waals surface area contributed by atoms with E-state index < -0.39 is 0 Å². The molecule has 3 unspecified atom stereocenters. The molecule has 1 aromatic carbocycles. The highest BCUT2D eigenvalue weighted by Crippen LogP contribution is 2.32. The smallest absolute Gasteiger partial charge is 0.407 e. The second-order valence-corrected chi connectivity index (χ2v) is 8.70. The number of ether oxygens (including phenoxy) is 1. The van der Waals surface area contributed by atoms with Gasteiger partial charge in [0, 0.05) is 31.7 Å². The molecule has 1 amide bonds. The lowest BCUT2D eigenvalue weighted by atomic mass is 9.97. The average molecular weight is 430 g/mol. The first-order valence-corrected chi connectivity index (χ1v) is 11.8. The van der Waals surface area contributed by atoms with Crippen LogP contribution in [0.5, 0.6) is 0 Å². The zero-order valence-electron chi connectivity index (χ0n) is 19.3. The standard InChI is InChI=1S/C24H39N5O2/c1-4-25-23(26-16-22(20-11-12-20)28-24(30)31-5-2)27-21-13-14-29(18(3)15-21)17-19-9-7-6-8-10-19/h6-10,18,20-22H,4-5,11-17H2,1-3H3,(H,28,30)(H2,25,26,27). The van der Waals surface area contributed by atoms with Crippen molar-refractivity contribution in [1.82, 2.24) is 20.9 Å². The lowest BCUT2D eigenvalue weighted by Gasteiger charge is -2.38. The summed E-state index contributed by atoms with van der Waals surface area (Å²) in [5.41, 5.74) is 1.37. The maximum atomic E-state index is 11.9. The molecule has 1 heterocycles. The van der Waals surface area contributed by atoms with E-state index in [2.05, 4.69) is 65.0 Å². The van der Waals surface area contributed by atoms with Gasteiger partial charge in [-0.1, -0.05) is 30.3 Å². The van der Waals surface area contributed by atoms with Crippen LogP contribution in [0.4, 0.5) is 4.79 Å². The minimum Gasteiger partial charge on any atom is -0.450 e. The fourth-order valence-corrected chi connectivity index (χ4v) is 4.24. The summed E-state index contributed by atoms with van der Waals surface area (Å²) in [5, 5.41) is 9.99. The zero-order chi connectivity index (χ0) is 22.1. The summed E-state index contributed by atoms with van der Waals surface area (Å²) >= 11 is 0. The Morgan fingerprint density at radius 2 is 2.00 bits per heavy atom. The molecular weight excluding hydrogens is 390 g/mol. The average Bonchev–Trinajstić information content (AvgIpc) is 3.59. The van der Waals surface area contributed by atoms with E-state index in [0.717, 1.165) is 51.3 Å². The van der Waals surface area contributed by atoms with E-state index in [1.54, 1.807) is 0 Å². The Kier molecular flexibility index (Phi) is 9.00. The number of nitrogens with one attached hydrogen (secondary N) is 3. The van der Waals surface area contributed by atoms with Crippen LogP contribution in [0.15, 0.2) is 35.3 Å².